The van der Waals surface area contributed by atoms with Crippen molar-refractivity contribution in [1.29, 1.82) is 0 Å². The van der Waals surface area contributed by atoms with Crippen LogP contribution in [0.4, 0.5) is 0 Å². The summed E-state index contributed by atoms with van der Waals surface area (Å²) in [5.41, 5.74) is 0.575. The van der Waals surface area contributed by atoms with E-state index in [9.17, 15) is 14.4 Å². The van der Waals surface area contributed by atoms with Gasteiger partial charge in [0.1, 0.15) is 5.56 Å². The first kappa shape index (κ1) is 19.2. The summed E-state index contributed by atoms with van der Waals surface area (Å²) in [5, 5.41) is 0.293. The summed E-state index contributed by atoms with van der Waals surface area (Å²) in [5.74, 6) is -0.382. The molecule has 1 fully saturated rings. The molecule has 1 atom stereocenters. The largest absolute Gasteiger partial charge is 0.336 e. The number of nitrogens with zero attached hydrogens (tertiary/aromatic N) is 2. The van der Waals surface area contributed by atoms with Gasteiger partial charge in [0.15, 0.2) is 0 Å². The first-order chi connectivity index (χ1) is 13.0. The monoisotopic (exact) mass is 387 g/mol. The highest BCUT2D eigenvalue weighted by Crippen LogP contribution is 2.19. The molecule has 7 heteroatoms. The average molecular weight is 388 g/mol. The van der Waals surface area contributed by atoms with E-state index in [1.54, 1.807) is 4.90 Å². The van der Waals surface area contributed by atoms with Gasteiger partial charge in [0.25, 0.3) is 11.5 Å². The number of amides is 2. The van der Waals surface area contributed by atoms with E-state index in [0.29, 0.717) is 24.5 Å². The van der Waals surface area contributed by atoms with Crippen LogP contribution >= 0.6 is 11.6 Å². The van der Waals surface area contributed by atoms with E-state index in [0.717, 1.165) is 5.56 Å². The predicted octanol–water partition coefficient (Wildman–Crippen LogP) is 2.68. The second-order valence-corrected chi connectivity index (χ2v) is 7.07. The van der Waals surface area contributed by atoms with Crippen LogP contribution in [0.5, 0.6) is 0 Å². The SMILES string of the molecule is CC[C@@H]1CN(C(=O)c2cc(Cl)c[nH]c2=O)CCC(=O)N1Cc1ccccc1. The molecule has 0 unspecified atom stereocenters. The Morgan fingerprint density at radius 2 is 2.00 bits per heavy atom. The van der Waals surface area contributed by atoms with E-state index in [1.807, 2.05) is 42.2 Å². The third kappa shape index (κ3) is 4.39. The topological polar surface area (TPSA) is 73.5 Å². The maximum absolute atomic E-state index is 12.9. The number of H-pyrrole nitrogens is 1. The van der Waals surface area contributed by atoms with Crippen LogP contribution in [0.25, 0.3) is 0 Å². The lowest BCUT2D eigenvalue weighted by Gasteiger charge is -2.31. The summed E-state index contributed by atoms with van der Waals surface area (Å²) in [6.45, 7) is 3.18. The van der Waals surface area contributed by atoms with E-state index in [4.69, 9.17) is 11.6 Å². The first-order valence-electron chi connectivity index (χ1n) is 9.00. The number of aromatic amines is 1. The molecule has 2 amide bonds. The maximum atomic E-state index is 12.9. The minimum Gasteiger partial charge on any atom is -0.336 e. The van der Waals surface area contributed by atoms with E-state index >= 15 is 0 Å². The Labute approximate surface area is 162 Å². The number of aromatic nitrogens is 1. The maximum Gasteiger partial charge on any atom is 0.260 e. The van der Waals surface area contributed by atoms with Crippen LogP contribution in [-0.2, 0) is 11.3 Å². The fourth-order valence-electron chi connectivity index (χ4n) is 3.34. The number of rotatable bonds is 4. The summed E-state index contributed by atoms with van der Waals surface area (Å²) in [6.07, 6.45) is 2.30. The number of carbonyl (C=O) groups excluding carboxylic acids is 2. The van der Waals surface area contributed by atoms with Crippen molar-refractivity contribution in [3.05, 3.63) is 69.1 Å². The molecule has 1 aromatic carbocycles. The number of hydrogen-bond donors (Lipinski definition) is 1. The molecule has 1 N–H and O–H groups in total. The molecule has 1 aliphatic heterocycles. The molecule has 1 aromatic heterocycles. The Bertz CT molecular complexity index is 882. The van der Waals surface area contributed by atoms with Crippen LogP contribution < -0.4 is 5.56 Å². The number of pyridine rings is 1. The van der Waals surface area contributed by atoms with Crippen LogP contribution in [0, 0.1) is 0 Å². The van der Waals surface area contributed by atoms with E-state index < -0.39 is 11.5 Å². The first-order valence-corrected chi connectivity index (χ1v) is 9.38. The van der Waals surface area contributed by atoms with Crippen molar-refractivity contribution in [3.8, 4) is 0 Å². The molecule has 0 saturated carbocycles. The van der Waals surface area contributed by atoms with Crippen molar-refractivity contribution < 1.29 is 9.59 Å². The fraction of sp³-hybridized carbons (Fsp3) is 0.350. The minimum atomic E-state index is -0.478. The van der Waals surface area contributed by atoms with Gasteiger partial charge in [-0.3, -0.25) is 14.4 Å². The summed E-state index contributed by atoms with van der Waals surface area (Å²) in [4.78, 5) is 43.5. The minimum absolute atomic E-state index is 0.00121. The second-order valence-electron chi connectivity index (χ2n) is 6.63. The number of hydrogen-bond acceptors (Lipinski definition) is 3. The van der Waals surface area contributed by atoms with Gasteiger partial charge in [-0.1, -0.05) is 48.9 Å². The molecule has 2 heterocycles. The van der Waals surface area contributed by atoms with Gasteiger partial charge in [-0.15, -0.1) is 0 Å². The van der Waals surface area contributed by atoms with Crippen molar-refractivity contribution in [2.24, 2.45) is 0 Å². The normalized spacial score (nSPS) is 17.7. The molecule has 27 heavy (non-hydrogen) atoms. The zero-order chi connectivity index (χ0) is 19.4. The number of benzene rings is 1. The zero-order valence-corrected chi connectivity index (χ0v) is 15.9. The highest BCUT2D eigenvalue weighted by Gasteiger charge is 2.31. The molecular formula is C20H22ClN3O3. The van der Waals surface area contributed by atoms with Gasteiger partial charge in [-0.2, -0.15) is 0 Å². The lowest BCUT2D eigenvalue weighted by atomic mass is 10.1. The quantitative estimate of drug-likeness (QED) is 0.876. The summed E-state index contributed by atoms with van der Waals surface area (Å²) >= 11 is 5.92. The van der Waals surface area contributed by atoms with Crippen molar-refractivity contribution in [2.75, 3.05) is 13.1 Å². The molecule has 3 rings (SSSR count). The Balaban J connectivity index is 1.83. The number of nitrogens with one attached hydrogen (secondary N) is 1. The van der Waals surface area contributed by atoms with Crippen molar-refractivity contribution in [3.63, 3.8) is 0 Å². The summed E-state index contributed by atoms with van der Waals surface area (Å²) < 4.78 is 0. The van der Waals surface area contributed by atoms with Gasteiger partial charge in [0, 0.05) is 38.3 Å². The van der Waals surface area contributed by atoms with Crippen molar-refractivity contribution >= 4 is 23.4 Å². The van der Waals surface area contributed by atoms with Crippen molar-refractivity contribution in [2.45, 2.75) is 32.4 Å². The highest BCUT2D eigenvalue weighted by molar-refractivity contribution is 6.30. The van der Waals surface area contributed by atoms with Crippen molar-refractivity contribution in [1.82, 2.24) is 14.8 Å². The number of halogens is 1. The second kappa shape index (κ2) is 8.39. The van der Waals surface area contributed by atoms with Crippen LogP contribution in [0.1, 0.15) is 35.7 Å². The summed E-state index contributed by atoms with van der Waals surface area (Å²) in [7, 11) is 0. The molecule has 2 aromatic rings. The van der Waals surface area contributed by atoms with Crippen LogP contribution in [0.15, 0.2) is 47.4 Å². The molecule has 1 saturated heterocycles. The standard InChI is InChI=1S/C20H22ClN3O3/c1-2-16-13-23(20(27)17-10-15(21)11-22-19(17)26)9-8-18(25)24(16)12-14-6-4-3-5-7-14/h3-7,10-11,16H,2,8-9,12-13H2,1H3,(H,22,26)/t16-/m1/s1. The zero-order valence-electron chi connectivity index (χ0n) is 15.2. The number of carbonyl (C=O) groups is 2. The molecule has 1 aliphatic rings. The van der Waals surface area contributed by atoms with E-state index in [-0.39, 0.29) is 30.5 Å². The van der Waals surface area contributed by atoms with E-state index in [2.05, 4.69) is 4.98 Å². The average Bonchev–Trinajstić information content (AvgIpc) is 2.83. The third-order valence-corrected chi connectivity index (χ3v) is 5.06. The Hall–Kier alpha value is -2.60. The molecule has 0 bridgehead atoms. The van der Waals surface area contributed by atoms with Crippen LogP contribution in [-0.4, -0.2) is 45.7 Å². The lowest BCUT2D eigenvalue weighted by molar-refractivity contribution is -0.133. The molecule has 0 spiro atoms. The summed E-state index contributed by atoms with van der Waals surface area (Å²) in [6, 6.07) is 11.1. The third-order valence-electron chi connectivity index (χ3n) is 4.84. The molecular weight excluding hydrogens is 366 g/mol. The Morgan fingerprint density at radius 3 is 2.70 bits per heavy atom. The molecule has 142 valence electrons. The van der Waals surface area contributed by atoms with Gasteiger partial charge < -0.3 is 14.8 Å². The van der Waals surface area contributed by atoms with Gasteiger partial charge in [-0.05, 0) is 18.1 Å². The van der Waals surface area contributed by atoms with Crippen LogP contribution in [0.3, 0.4) is 0 Å². The lowest BCUT2D eigenvalue weighted by Crippen LogP contribution is -2.44. The van der Waals surface area contributed by atoms with E-state index in [1.165, 1.54) is 12.3 Å². The Kier molecular flexibility index (Phi) is 5.96. The van der Waals surface area contributed by atoms with Gasteiger partial charge >= 0.3 is 0 Å². The Morgan fingerprint density at radius 1 is 1.26 bits per heavy atom. The van der Waals surface area contributed by atoms with Gasteiger partial charge in [-0.25, -0.2) is 0 Å². The van der Waals surface area contributed by atoms with Gasteiger partial charge in [0.05, 0.1) is 5.02 Å². The molecule has 6 nitrogen and oxygen atoms in total. The molecule has 0 radical (unpaired) electrons. The smallest absolute Gasteiger partial charge is 0.260 e. The van der Waals surface area contributed by atoms with Gasteiger partial charge in [0.2, 0.25) is 5.91 Å². The van der Waals surface area contributed by atoms with Crippen LogP contribution in [0.2, 0.25) is 5.02 Å². The highest BCUT2D eigenvalue weighted by atomic mass is 35.5. The predicted molar refractivity (Wildman–Crippen MR) is 104 cm³/mol. The fourth-order valence-corrected chi connectivity index (χ4v) is 3.50. The molecule has 0 aliphatic carbocycles.